The van der Waals surface area contributed by atoms with Gasteiger partial charge in [0.25, 0.3) is 0 Å². The molecule has 2 aliphatic carbocycles. The van der Waals surface area contributed by atoms with Gasteiger partial charge in [-0.15, -0.1) is 0 Å². The first-order valence-electron chi connectivity index (χ1n) is 8.22. The van der Waals surface area contributed by atoms with Crippen LogP contribution in [0.25, 0.3) is 0 Å². The Bertz CT molecular complexity index is 321. The van der Waals surface area contributed by atoms with Crippen LogP contribution in [-0.4, -0.2) is 25.9 Å². The summed E-state index contributed by atoms with van der Waals surface area (Å²) in [5.41, 5.74) is 0.497. The minimum atomic E-state index is 0.417. The maximum atomic E-state index is 5.90. The lowest BCUT2D eigenvalue weighted by atomic mass is 9.62. The van der Waals surface area contributed by atoms with E-state index in [4.69, 9.17) is 9.47 Å². The molecule has 0 aromatic carbocycles. The molecule has 3 rings (SSSR count). The summed E-state index contributed by atoms with van der Waals surface area (Å²) in [4.78, 5) is 0. The van der Waals surface area contributed by atoms with Gasteiger partial charge in [-0.2, -0.15) is 0 Å². The Kier molecular flexibility index (Phi) is 3.68. The molecule has 3 fully saturated rings. The van der Waals surface area contributed by atoms with Gasteiger partial charge in [-0.25, -0.2) is 0 Å². The molecule has 0 N–H and O–H groups in total. The van der Waals surface area contributed by atoms with Crippen LogP contribution in [0.2, 0.25) is 0 Å². The van der Waals surface area contributed by atoms with Crippen LogP contribution < -0.4 is 0 Å². The van der Waals surface area contributed by atoms with E-state index in [1.54, 1.807) is 0 Å². The van der Waals surface area contributed by atoms with Gasteiger partial charge >= 0.3 is 0 Å². The predicted octanol–water partition coefficient (Wildman–Crippen LogP) is 3.75. The van der Waals surface area contributed by atoms with Gasteiger partial charge in [-0.05, 0) is 47.8 Å². The molecule has 3 aliphatic rings. The van der Waals surface area contributed by atoms with Crippen LogP contribution in [-0.2, 0) is 9.47 Å². The highest BCUT2D eigenvalue weighted by Gasteiger charge is 2.54. The molecule has 0 aromatic heterocycles. The summed E-state index contributed by atoms with van der Waals surface area (Å²) in [6, 6.07) is 0. The fourth-order valence-electron chi connectivity index (χ4n) is 4.99. The Balaban J connectivity index is 1.59. The average molecular weight is 266 g/mol. The van der Waals surface area contributed by atoms with Crippen molar-refractivity contribution >= 4 is 0 Å². The van der Waals surface area contributed by atoms with Crippen LogP contribution in [0.4, 0.5) is 0 Å². The summed E-state index contributed by atoms with van der Waals surface area (Å²) >= 11 is 0. The molecule has 1 heterocycles. The highest BCUT2D eigenvalue weighted by atomic mass is 16.6. The molecule has 1 saturated heterocycles. The molecule has 2 heteroatoms. The first-order valence-corrected chi connectivity index (χ1v) is 8.22. The number of fused-ring (bicyclic) bond motifs is 2. The molecule has 6 atom stereocenters. The summed E-state index contributed by atoms with van der Waals surface area (Å²) in [5.74, 6) is 4.52. The molecule has 0 aromatic rings. The normalized spacial score (nSPS) is 44.8. The van der Waals surface area contributed by atoms with Crippen molar-refractivity contribution in [2.24, 2.45) is 35.0 Å². The van der Waals surface area contributed by atoms with Crippen LogP contribution in [0.3, 0.4) is 0 Å². The Morgan fingerprint density at radius 1 is 1.21 bits per heavy atom. The van der Waals surface area contributed by atoms with Crippen molar-refractivity contribution in [2.75, 3.05) is 19.8 Å². The second-order valence-electron chi connectivity index (χ2n) is 7.88. The molecule has 2 nitrogen and oxygen atoms in total. The van der Waals surface area contributed by atoms with Crippen molar-refractivity contribution in [3.8, 4) is 0 Å². The van der Waals surface area contributed by atoms with Crippen molar-refractivity contribution in [1.82, 2.24) is 0 Å². The van der Waals surface area contributed by atoms with E-state index in [9.17, 15) is 0 Å². The Morgan fingerprint density at radius 3 is 2.53 bits per heavy atom. The summed E-state index contributed by atoms with van der Waals surface area (Å²) < 4.78 is 11.1. The van der Waals surface area contributed by atoms with Crippen LogP contribution >= 0.6 is 0 Å². The fraction of sp³-hybridized carbons (Fsp3) is 1.00. The first-order chi connectivity index (χ1) is 9.03. The monoisotopic (exact) mass is 266 g/mol. The largest absolute Gasteiger partial charge is 0.378 e. The molecule has 2 bridgehead atoms. The molecule has 110 valence electrons. The summed E-state index contributed by atoms with van der Waals surface area (Å²) in [6.45, 7) is 12.5. The van der Waals surface area contributed by atoms with Gasteiger partial charge in [0.2, 0.25) is 0 Å². The maximum Gasteiger partial charge on any atom is 0.104 e. The quantitative estimate of drug-likeness (QED) is 0.683. The average Bonchev–Trinajstić information content (AvgIpc) is 3.02. The summed E-state index contributed by atoms with van der Waals surface area (Å²) in [6.07, 6.45) is 4.59. The van der Waals surface area contributed by atoms with Gasteiger partial charge in [0.1, 0.15) is 6.10 Å². The third-order valence-corrected chi connectivity index (χ3v) is 6.41. The van der Waals surface area contributed by atoms with E-state index >= 15 is 0 Å². The van der Waals surface area contributed by atoms with Crippen LogP contribution in [0.15, 0.2) is 0 Å². The predicted molar refractivity (Wildman–Crippen MR) is 77.0 cm³/mol. The zero-order valence-corrected chi connectivity index (χ0v) is 13.0. The second kappa shape index (κ2) is 5.04. The lowest BCUT2D eigenvalue weighted by Crippen LogP contribution is -2.38. The standard InChI is InChI=1S/C17H30O2/c1-5-17(3,4)16-11(2)12-6-13(15(16)7-12)8-18-9-14-10-19-14/h11-16H,5-10H2,1-4H3. The highest BCUT2D eigenvalue weighted by Crippen LogP contribution is 2.60. The van der Waals surface area contributed by atoms with Crippen molar-refractivity contribution in [3.05, 3.63) is 0 Å². The fourth-order valence-corrected chi connectivity index (χ4v) is 4.99. The van der Waals surface area contributed by atoms with Gasteiger partial charge in [-0.3, -0.25) is 0 Å². The van der Waals surface area contributed by atoms with Crippen molar-refractivity contribution in [2.45, 2.75) is 53.1 Å². The minimum absolute atomic E-state index is 0.417. The van der Waals surface area contributed by atoms with Gasteiger partial charge in [0.15, 0.2) is 0 Å². The van der Waals surface area contributed by atoms with E-state index in [2.05, 4.69) is 27.7 Å². The van der Waals surface area contributed by atoms with E-state index in [1.165, 1.54) is 19.3 Å². The van der Waals surface area contributed by atoms with E-state index in [-0.39, 0.29) is 0 Å². The van der Waals surface area contributed by atoms with Gasteiger partial charge < -0.3 is 9.47 Å². The zero-order valence-electron chi connectivity index (χ0n) is 13.0. The van der Waals surface area contributed by atoms with Crippen molar-refractivity contribution < 1.29 is 9.47 Å². The first kappa shape index (κ1) is 13.9. The minimum Gasteiger partial charge on any atom is -0.378 e. The molecule has 19 heavy (non-hydrogen) atoms. The topological polar surface area (TPSA) is 21.8 Å². The summed E-state index contributed by atoms with van der Waals surface area (Å²) in [5, 5.41) is 0. The van der Waals surface area contributed by atoms with Crippen LogP contribution in [0.1, 0.15) is 47.0 Å². The Labute approximate surface area is 118 Å². The Hall–Kier alpha value is -0.0800. The zero-order chi connectivity index (χ0) is 13.6. The second-order valence-corrected chi connectivity index (χ2v) is 7.88. The lowest BCUT2D eigenvalue weighted by Gasteiger charge is -2.43. The number of hydrogen-bond acceptors (Lipinski definition) is 2. The van der Waals surface area contributed by atoms with E-state index in [0.29, 0.717) is 11.5 Å². The lowest BCUT2D eigenvalue weighted by molar-refractivity contribution is 0.00667. The third kappa shape index (κ3) is 2.58. The van der Waals surface area contributed by atoms with Crippen molar-refractivity contribution in [1.29, 1.82) is 0 Å². The van der Waals surface area contributed by atoms with E-state index in [0.717, 1.165) is 49.4 Å². The molecule has 1 aliphatic heterocycles. The SMILES string of the molecule is CCC(C)(C)C1C(C)C2CC(COCC3CO3)C1C2. The molecule has 6 unspecified atom stereocenters. The molecule has 0 radical (unpaired) electrons. The molecular weight excluding hydrogens is 236 g/mol. The van der Waals surface area contributed by atoms with Crippen molar-refractivity contribution in [3.63, 3.8) is 0 Å². The number of hydrogen-bond donors (Lipinski definition) is 0. The number of epoxide rings is 1. The third-order valence-electron chi connectivity index (χ3n) is 6.41. The van der Waals surface area contributed by atoms with Gasteiger partial charge in [0.05, 0.1) is 13.2 Å². The number of rotatable bonds is 6. The van der Waals surface area contributed by atoms with Crippen LogP contribution in [0.5, 0.6) is 0 Å². The molecule has 0 spiro atoms. The smallest absolute Gasteiger partial charge is 0.104 e. The maximum absolute atomic E-state index is 5.90. The van der Waals surface area contributed by atoms with Crippen LogP contribution in [0, 0.1) is 35.0 Å². The highest BCUT2D eigenvalue weighted by molar-refractivity contribution is 5.03. The van der Waals surface area contributed by atoms with Gasteiger partial charge in [-0.1, -0.05) is 34.1 Å². The van der Waals surface area contributed by atoms with E-state index in [1.807, 2.05) is 0 Å². The molecule has 0 amide bonds. The molecular formula is C17H30O2. The molecule has 2 saturated carbocycles. The summed E-state index contributed by atoms with van der Waals surface area (Å²) in [7, 11) is 0. The Morgan fingerprint density at radius 2 is 1.95 bits per heavy atom. The van der Waals surface area contributed by atoms with Gasteiger partial charge in [0, 0.05) is 6.61 Å². The van der Waals surface area contributed by atoms with E-state index < -0.39 is 0 Å². The number of ether oxygens (including phenoxy) is 2.